The van der Waals surface area contributed by atoms with E-state index < -0.39 is 6.17 Å². The fourth-order valence-electron chi connectivity index (χ4n) is 7.04. The maximum Gasteiger partial charge on any atom is 0.234 e. The number of nitrogens with zero attached hydrogens (tertiary/aromatic N) is 5. The average molecular weight is 595 g/mol. The molecule has 6 nitrogen and oxygen atoms in total. The van der Waals surface area contributed by atoms with Crippen LogP contribution in [0.15, 0.2) is 144 Å². The summed E-state index contributed by atoms with van der Waals surface area (Å²) in [6.45, 7) is 4.63. The average Bonchev–Trinajstić information content (AvgIpc) is 3.56. The molecule has 0 fully saturated rings. The minimum absolute atomic E-state index is 0.107. The first-order valence-corrected chi connectivity index (χ1v) is 15.6. The largest absolute Gasteiger partial charge is 0.324 e. The fourth-order valence-corrected chi connectivity index (χ4v) is 7.04. The molecule has 5 aromatic carbocycles. The van der Waals surface area contributed by atoms with Crippen molar-refractivity contribution in [3.8, 4) is 17.1 Å². The van der Waals surface area contributed by atoms with E-state index in [0.29, 0.717) is 5.95 Å². The summed E-state index contributed by atoms with van der Waals surface area (Å²) < 4.78 is 2.19. The van der Waals surface area contributed by atoms with Gasteiger partial charge in [0.15, 0.2) is 6.17 Å². The molecule has 7 aromatic rings. The van der Waals surface area contributed by atoms with Gasteiger partial charge in [0.25, 0.3) is 0 Å². The van der Waals surface area contributed by atoms with Gasteiger partial charge in [0.05, 0.1) is 11.0 Å². The van der Waals surface area contributed by atoms with Crippen LogP contribution in [0, 0.1) is 0 Å². The maximum atomic E-state index is 5.00. The molecule has 0 unspecified atom stereocenters. The second kappa shape index (κ2) is 10.1. The van der Waals surface area contributed by atoms with Crippen LogP contribution < -0.4 is 5.32 Å². The third kappa shape index (κ3) is 4.03. The number of para-hydroxylation sites is 1. The molecular formula is C40H30N6. The van der Waals surface area contributed by atoms with Crippen LogP contribution in [-0.4, -0.2) is 26.2 Å². The van der Waals surface area contributed by atoms with Crippen molar-refractivity contribution in [3.63, 3.8) is 0 Å². The van der Waals surface area contributed by atoms with Crippen molar-refractivity contribution >= 4 is 33.5 Å². The van der Waals surface area contributed by atoms with Crippen LogP contribution in [0.25, 0.3) is 38.9 Å². The lowest BCUT2D eigenvalue weighted by molar-refractivity contribution is 0.661. The van der Waals surface area contributed by atoms with Crippen LogP contribution in [0.5, 0.6) is 0 Å². The second-order valence-electron chi connectivity index (χ2n) is 12.4. The molecule has 1 N–H and O–H groups in total. The standard InChI is InChI=1S/C40H30N6/c1-40(2)32-19-11-9-17-28(32)30-21-31-29-18-10-12-20-34(29)46(35(31)22-33(30)40)39-41-23-27(24-42-39)38-44-36(25-13-5-3-6-14-25)43-37(45-38)26-15-7-4-8-16-26/h3-24,38H,1-2H3,(H,43,44,45). The first-order valence-electron chi connectivity index (χ1n) is 15.6. The van der Waals surface area contributed by atoms with Gasteiger partial charge in [-0.1, -0.05) is 117 Å². The number of fused-ring (bicyclic) bond motifs is 6. The molecule has 1 aliphatic carbocycles. The monoisotopic (exact) mass is 594 g/mol. The maximum absolute atomic E-state index is 5.00. The van der Waals surface area contributed by atoms with E-state index in [9.17, 15) is 0 Å². The quantitative estimate of drug-likeness (QED) is 0.223. The Morgan fingerprint density at radius 2 is 1.20 bits per heavy atom. The number of aromatic nitrogens is 3. The van der Waals surface area contributed by atoms with Crippen molar-refractivity contribution < 1.29 is 0 Å². The molecule has 220 valence electrons. The lowest BCUT2D eigenvalue weighted by Gasteiger charge is -2.22. The van der Waals surface area contributed by atoms with E-state index in [-0.39, 0.29) is 5.41 Å². The molecule has 1 aliphatic heterocycles. The summed E-state index contributed by atoms with van der Waals surface area (Å²) in [6.07, 6.45) is 3.25. The van der Waals surface area contributed by atoms with Gasteiger partial charge in [0.1, 0.15) is 11.7 Å². The number of aliphatic imine (C=N–C) groups is 2. The summed E-state index contributed by atoms with van der Waals surface area (Å²) in [5.41, 5.74) is 10.2. The van der Waals surface area contributed by atoms with Gasteiger partial charge in [-0.15, -0.1) is 0 Å². The Morgan fingerprint density at radius 1 is 0.587 bits per heavy atom. The zero-order valence-corrected chi connectivity index (χ0v) is 25.5. The molecule has 0 amide bonds. The summed E-state index contributed by atoms with van der Waals surface area (Å²) in [7, 11) is 0. The van der Waals surface area contributed by atoms with Gasteiger partial charge >= 0.3 is 0 Å². The van der Waals surface area contributed by atoms with E-state index in [4.69, 9.17) is 20.0 Å². The predicted octanol–water partition coefficient (Wildman–Crippen LogP) is 8.38. The van der Waals surface area contributed by atoms with Crippen LogP contribution in [0.4, 0.5) is 0 Å². The van der Waals surface area contributed by atoms with Crippen LogP contribution in [0.2, 0.25) is 0 Å². The molecule has 46 heavy (non-hydrogen) atoms. The number of hydrogen-bond donors (Lipinski definition) is 1. The summed E-state index contributed by atoms with van der Waals surface area (Å²) in [4.78, 5) is 19.9. The summed E-state index contributed by atoms with van der Waals surface area (Å²) in [6, 6.07) is 42.3. The number of benzene rings is 5. The van der Waals surface area contributed by atoms with Crippen molar-refractivity contribution in [1.29, 1.82) is 0 Å². The van der Waals surface area contributed by atoms with Crippen molar-refractivity contribution in [3.05, 3.63) is 162 Å². The van der Waals surface area contributed by atoms with Crippen molar-refractivity contribution in [2.75, 3.05) is 0 Å². The molecule has 6 heteroatoms. The molecule has 0 radical (unpaired) electrons. The van der Waals surface area contributed by atoms with Crippen molar-refractivity contribution in [2.45, 2.75) is 25.4 Å². The van der Waals surface area contributed by atoms with E-state index in [1.54, 1.807) is 0 Å². The van der Waals surface area contributed by atoms with E-state index in [2.05, 4.69) is 109 Å². The molecule has 0 saturated carbocycles. The molecule has 0 spiro atoms. The Labute approximate surface area is 266 Å². The van der Waals surface area contributed by atoms with Crippen LogP contribution in [0.3, 0.4) is 0 Å². The van der Waals surface area contributed by atoms with Gasteiger partial charge < -0.3 is 5.32 Å². The topological polar surface area (TPSA) is 67.5 Å². The molecule has 0 saturated heterocycles. The summed E-state index contributed by atoms with van der Waals surface area (Å²) in [5.74, 6) is 2.16. The second-order valence-corrected chi connectivity index (χ2v) is 12.4. The fraction of sp³-hybridized carbons (Fsp3) is 0.100. The van der Waals surface area contributed by atoms with E-state index in [0.717, 1.165) is 39.4 Å². The SMILES string of the molecule is CC1(C)c2ccccc2-c2cc3c4ccccc4n(-c4ncc(C5N=C(c6ccccc6)NC(c6ccccc6)=N5)cn4)c3cc21. The minimum Gasteiger partial charge on any atom is -0.324 e. The normalized spacial score (nSPS) is 15.3. The smallest absolute Gasteiger partial charge is 0.234 e. The minimum atomic E-state index is -0.485. The molecule has 9 rings (SSSR count). The van der Waals surface area contributed by atoms with E-state index >= 15 is 0 Å². The molecule has 0 atom stereocenters. The Hall–Kier alpha value is -5.88. The van der Waals surface area contributed by atoms with Crippen LogP contribution in [0.1, 0.15) is 47.8 Å². The lowest BCUT2D eigenvalue weighted by atomic mass is 9.82. The lowest BCUT2D eigenvalue weighted by Crippen LogP contribution is -2.36. The first-order chi connectivity index (χ1) is 22.6. The Balaban J connectivity index is 1.17. The summed E-state index contributed by atoms with van der Waals surface area (Å²) >= 11 is 0. The zero-order valence-electron chi connectivity index (χ0n) is 25.5. The highest BCUT2D eigenvalue weighted by Crippen LogP contribution is 2.50. The molecule has 2 aliphatic rings. The highest BCUT2D eigenvalue weighted by atomic mass is 15.2. The Kier molecular flexibility index (Phi) is 5.81. The zero-order chi connectivity index (χ0) is 30.8. The summed E-state index contributed by atoms with van der Waals surface area (Å²) in [5, 5.41) is 5.83. The molecule has 3 heterocycles. The van der Waals surface area contributed by atoms with Gasteiger partial charge in [0.2, 0.25) is 5.95 Å². The Bertz CT molecular complexity index is 2290. The van der Waals surface area contributed by atoms with Crippen LogP contribution in [-0.2, 0) is 5.41 Å². The van der Waals surface area contributed by atoms with Gasteiger partial charge in [-0.3, -0.25) is 4.57 Å². The number of rotatable bonds is 4. The third-order valence-electron chi connectivity index (χ3n) is 9.37. The predicted molar refractivity (Wildman–Crippen MR) is 186 cm³/mol. The van der Waals surface area contributed by atoms with Crippen molar-refractivity contribution in [2.24, 2.45) is 9.98 Å². The Morgan fingerprint density at radius 3 is 1.89 bits per heavy atom. The van der Waals surface area contributed by atoms with Crippen molar-refractivity contribution in [1.82, 2.24) is 19.9 Å². The van der Waals surface area contributed by atoms with Gasteiger partial charge in [-0.25, -0.2) is 20.0 Å². The van der Waals surface area contributed by atoms with Crippen LogP contribution >= 0.6 is 0 Å². The van der Waals surface area contributed by atoms with Gasteiger partial charge in [0, 0.05) is 45.3 Å². The molecule has 2 aromatic heterocycles. The highest BCUT2D eigenvalue weighted by molar-refractivity contribution is 6.16. The highest BCUT2D eigenvalue weighted by Gasteiger charge is 2.36. The third-order valence-corrected chi connectivity index (χ3v) is 9.37. The number of hydrogen-bond acceptors (Lipinski definition) is 5. The molecule has 0 bridgehead atoms. The number of nitrogens with one attached hydrogen (secondary N) is 1. The molecular weight excluding hydrogens is 564 g/mol. The van der Waals surface area contributed by atoms with Gasteiger partial charge in [-0.2, -0.15) is 0 Å². The first kappa shape index (κ1) is 26.5. The van der Waals surface area contributed by atoms with Gasteiger partial charge in [-0.05, 0) is 40.5 Å². The van der Waals surface area contributed by atoms with E-state index in [1.807, 2.05) is 48.8 Å². The number of amidine groups is 2. The van der Waals surface area contributed by atoms with E-state index in [1.165, 1.54) is 33.0 Å².